The van der Waals surface area contributed by atoms with Crippen LogP contribution in [0.25, 0.3) is 10.4 Å². The number of hydrogen-bond acceptors (Lipinski definition) is 8. The molecule has 0 fully saturated rings. The molecule has 1 atom stereocenters. The van der Waals surface area contributed by atoms with Gasteiger partial charge in [0, 0.05) is 54.3 Å². The number of Topliss-reactive ketones (excluding diaryl/α,β-unsaturated/α-hetero) is 1. The van der Waals surface area contributed by atoms with Gasteiger partial charge in [-0.15, -0.1) is 11.3 Å². The Labute approximate surface area is 248 Å². The monoisotopic (exact) mass is 618 g/mol. The maximum atomic E-state index is 13.6. The zero-order chi connectivity index (χ0) is 29.9. The number of aliphatic hydroxyl groups is 1. The molecule has 41 heavy (non-hydrogen) atoms. The van der Waals surface area contributed by atoms with Crippen LogP contribution >= 0.6 is 22.9 Å². The van der Waals surface area contributed by atoms with Gasteiger partial charge in [-0.1, -0.05) is 11.6 Å². The molecule has 0 bridgehead atoms. The summed E-state index contributed by atoms with van der Waals surface area (Å²) < 4.78 is 28.6. The molecule has 1 aliphatic rings. The number of thiophene rings is 1. The highest BCUT2D eigenvalue weighted by Gasteiger charge is 2.25. The number of fused-ring (bicyclic) bond motifs is 3. The predicted octanol–water partition coefficient (Wildman–Crippen LogP) is 4.40. The number of ether oxygens (including phenoxy) is 1. The van der Waals surface area contributed by atoms with Crippen molar-refractivity contribution < 1.29 is 32.6 Å². The Morgan fingerprint density at radius 2 is 1.88 bits per heavy atom. The maximum Gasteiger partial charge on any atom is 0.268 e. The van der Waals surface area contributed by atoms with Gasteiger partial charge in [0.2, 0.25) is 0 Å². The van der Waals surface area contributed by atoms with Crippen molar-refractivity contribution >= 4 is 56.1 Å². The summed E-state index contributed by atoms with van der Waals surface area (Å²) in [7, 11) is -1.60. The molecule has 2 heterocycles. The molecule has 12 heteroatoms. The molecule has 4 rings (SSSR count). The third-order valence-corrected chi connectivity index (χ3v) is 9.08. The van der Waals surface area contributed by atoms with E-state index in [0.717, 1.165) is 22.3 Å². The number of aliphatic hydroxyl groups excluding tert-OH is 1. The number of nitrogens with one attached hydrogen (secondary N) is 1. The minimum absolute atomic E-state index is 0.00657. The summed E-state index contributed by atoms with van der Waals surface area (Å²) in [5.74, 6) is -0.494. The van der Waals surface area contributed by atoms with Crippen LogP contribution in [-0.2, 0) is 16.3 Å². The van der Waals surface area contributed by atoms with Gasteiger partial charge >= 0.3 is 0 Å². The van der Waals surface area contributed by atoms with Gasteiger partial charge in [0.1, 0.15) is 15.6 Å². The fourth-order valence-corrected chi connectivity index (χ4v) is 6.28. The summed E-state index contributed by atoms with van der Waals surface area (Å²) in [6.07, 6.45) is 1.60. The van der Waals surface area contributed by atoms with Gasteiger partial charge in [-0.2, -0.15) is 0 Å². The van der Waals surface area contributed by atoms with Crippen molar-refractivity contribution in [3.05, 3.63) is 69.1 Å². The fraction of sp³-hybridized carbons (Fsp3) is 0.345. The van der Waals surface area contributed by atoms with Crippen molar-refractivity contribution in [2.45, 2.75) is 32.3 Å². The number of carbonyl (C=O) groups is 3. The van der Waals surface area contributed by atoms with Gasteiger partial charge in [0.25, 0.3) is 11.8 Å². The van der Waals surface area contributed by atoms with Crippen LogP contribution in [0.1, 0.15) is 55.7 Å². The lowest BCUT2D eigenvalue weighted by molar-refractivity contribution is 0.0944. The lowest BCUT2D eigenvalue weighted by atomic mass is 10.0. The maximum absolute atomic E-state index is 13.6. The zero-order valence-electron chi connectivity index (χ0n) is 22.9. The van der Waals surface area contributed by atoms with Crippen LogP contribution in [0.15, 0.2) is 42.5 Å². The molecule has 0 saturated carbocycles. The SMILES string of the molecule is C[C@@H](O)CCC(=O)c1ccc(Cl)c(N(C)C(=O)c2cc3c(s2)-c2ccc(C(=O)NCCS(C)(=O)=O)cc2OCC3)c1. The van der Waals surface area contributed by atoms with E-state index >= 15 is 0 Å². The van der Waals surface area contributed by atoms with Gasteiger partial charge in [0.15, 0.2) is 5.78 Å². The number of nitrogens with zero attached hydrogens (tertiary/aromatic N) is 1. The Bertz CT molecular complexity index is 1600. The number of ketones is 1. The van der Waals surface area contributed by atoms with Crippen molar-refractivity contribution in [1.82, 2.24) is 5.32 Å². The molecule has 0 spiro atoms. The summed E-state index contributed by atoms with van der Waals surface area (Å²) in [5, 5.41) is 12.4. The second-order valence-corrected chi connectivity index (χ2v) is 13.7. The Morgan fingerprint density at radius 3 is 2.59 bits per heavy atom. The van der Waals surface area contributed by atoms with Gasteiger partial charge in [0.05, 0.1) is 34.1 Å². The van der Waals surface area contributed by atoms with E-state index < -0.39 is 21.8 Å². The molecular weight excluding hydrogens is 588 g/mol. The Morgan fingerprint density at radius 1 is 1.15 bits per heavy atom. The molecule has 3 aromatic rings. The highest BCUT2D eigenvalue weighted by molar-refractivity contribution is 7.90. The topological polar surface area (TPSA) is 130 Å². The van der Waals surface area contributed by atoms with Crippen LogP contribution in [-0.4, -0.2) is 69.4 Å². The molecule has 218 valence electrons. The largest absolute Gasteiger partial charge is 0.493 e. The van der Waals surface area contributed by atoms with Crippen molar-refractivity contribution in [3.8, 4) is 16.2 Å². The van der Waals surface area contributed by atoms with Crippen LogP contribution in [0.3, 0.4) is 0 Å². The molecule has 2 aromatic carbocycles. The molecule has 1 aromatic heterocycles. The van der Waals surface area contributed by atoms with Crippen LogP contribution < -0.4 is 15.0 Å². The molecule has 0 aliphatic carbocycles. The van der Waals surface area contributed by atoms with Crippen LogP contribution in [0.5, 0.6) is 5.75 Å². The number of benzene rings is 2. The quantitative estimate of drug-likeness (QED) is 0.322. The van der Waals surface area contributed by atoms with E-state index in [0.29, 0.717) is 51.9 Å². The van der Waals surface area contributed by atoms with Crippen molar-refractivity contribution in [2.24, 2.45) is 0 Å². The minimum atomic E-state index is -3.20. The predicted molar refractivity (Wildman–Crippen MR) is 160 cm³/mol. The van der Waals surface area contributed by atoms with Gasteiger partial charge < -0.3 is 20.1 Å². The average molecular weight is 619 g/mol. The first-order valence-electron chi connectivity index (χ1n) is 13.0. The number of hydrogen-bond donors (Lipinski definition) is 2. The van der Waals surface area contributed by atoms with Crippen LogP contribution in [0.4, 0.5) is 5.69 Å². The van der Waals surface area contributed by atoms with Crippen molar-refractivity contribution in [1.29, 1.82) is 0 Å². The van der Waals surface area contributed by atoms with Crippen LogP contribution in [0.2, 0.25) is 5.02 Å². The molecule has 0 radical (unpaired) electrons. The van der Waals surface area contributed by atoms with E-state index in [4.69, 9.17) is 16.3 Å². The van der Waals surface area contributed by atoms with E-state index in [2.05, 4.69) is 5.32 Å². The van der Waals surface area contributed by atoms with E-state index in [1.54, 1.807) is 50.4 Å². The first-order valence-corrected chi connectivity index (χ1v) is 16.2. The highest BCUT2D eigenvalue weighted by atomic mass is 35.5. The summed E-state index contributed by atoms with van der Waals surface area (Å²) in [4.78, 5) is 41.5. The van der Waals surface area contributed by atoms with Gasteiger partial charge in [-0.05, 0) is 61.4 Å². The lowest BCUT2D eigenvalue weighted by Gasteiger charge is -2.19. The molecular formula is C29H31ClN2O7S2. The number of rotatable bonds is 10. The fourth-order valence-electron chi connectivity index (χ4n) is 4.34. The minimum Gasteiger partial charge on any atom is -0.493 e. The second-order valence-electron chi connectivity index (χ2n) is 10.0. The third kappa shape index (κ3) is 7.53. The zero-order valence-corrected chi connectivity index (χ0v) is 25.3. The standard InChI is InChI=1S/C29H31ClN2O7S2/c1-17(33)4-9-24(34)18-6-8-22(30)23(14-18)32(2)29(36)26-16-19-10-12-39-25-15-20(5-7-21(25)27(19)40-26)28(35)31-11-13-41(3,37)38/h5-8,14-17,33H,4,9-13H2,1-3H3,(H,31,35)/t17-/m1/s1. The summed E-state index contributed by atoms with van der Waals surface area (Å²) in [5.41, 5.74) is 2.84. The van der Waals surface area contributed by atoms with Crippen molar-refractivity contribution in [3.63, 3.8) is 0 Å². The summed E-state index contributed by atoms with van der Waals surface area (Å²) >= 11 is 7.72. The molecule has 0 unspecified atom stereocenters. The Balaban J connectivity index is 1.56. The normalized spacial score (nSPS) is 13.3. The second kappa shape index (κ2) is 12.7. The number of carbonyl (C=O) groups excluding carboxylic acids is 3. The molecule has 2 N–H and O–H groups in total. The molecule has 0 saturated heterocycles. The molecule has 1 aliphatic heterocycles. The van der Waals surface area contributed by atoms with Gasteiger partial charge in [-0.25, -0.2) is 8.42 Å². The Hall–Kier alpha value is -3.25. The number of halogens is 1. The van der Waals surface area contributed by atoms with E-state index in [1.165, 1.54) is 16.2 Å². The summed E-state index contributed by atoms with van der Waals surface area (Å²) in [6, 6.07) is 11.6. The number of amides is 2. The van der Waals surface area contributed by atoms with E-state index in [9.17, 15) is 27.9 Å². The molecule has 2 amide bonds. The number of anilines is 1. The Kier molecular flexibility index (Phi) is 9.53. The smallest absolute Gasteiger partial charge is 0.268 e. The van der Waals surface area contributed by atoms with Crippen molar-refractivity contribution in [2.75, 3.05) is 37.1 Å². The highest BCUT2D eigenvalue weighted by Crippen LogP contribution is 2.42. The number of sulfone groups is 1. The first-order chi connectivity index (χ1) is 19.3. The summed E-state index contributed by atoms with van der Waals surface area (Å²) in [6.45, 7) is 1.98. The lowest BCUT2D eigenvalue weighted by Crippen LogP contribution is -2.28. The third-order valence-electron chi connectivity index (χ3n) is 6.62. The van der Waals surface area contributed by atoms with Crippen LogP contribution in [0, 0.1) is 0 Å². The van der Waals surface area contributed by atoms with E-state index in [1.807, 2.05) is 6.07 Å². The van der Waals surface area contributed by atoms with E-state index in [-0.39, 0.29) is 30.4 Å². The average Bonchev–Trinajstić information content (AvgIpc) is 3.26. The van der Waals surface area contributed by atoms with Gasteiger partial charge in [-0.3, -0.25) is 14.4 Å². The first kappa shape index (κ1) is 30.7. The molecule has 9 nitrogen and oxygen atoms in total.